The number of hydrazone groups is 1. The summed E-state index contributed by atoms with van der Waals surface area (Å²) in [5.74, 6) is 1.67. The Morgan fingerprint density at radius 3 is 2.33 bits per heavy atom. The number of amidine groups is 1. The quantitative estimate of drug-likeness (QED) is 0.406. The number of hydrogen-bond donors (Lipinski definition) is 0. The maximum Gasteiger partial charge on any atom is 0.416 e. The standard InChI is InChI=1S/C29H39F4N6O/c1-35-25(19-4-5-19)39(2,3)24(34-35)21-11-28(12-21)17-38(18-28)26(40)37-15-27(16-37)8-9-36(14-27)13-20-6-7-22(30)10-23(20)29(31,32)33/h6-7,10,19,21,25H,4-5,8-9,11-18H2,1-3H3/q+1. The Labute approximate surface area is 232 Å². The average Bonchev–Trinajstić information content (AvgIpc) is 3.47. The van der Waals surface area contributed by atoms with Crippen molar-refractivity contribution >= 4 is 11.9 Å². The Morgan fingerprint density at radius 1 is 1.05 bits per heavy atom. The third-order valence-electron chi connectivity index (χ3n) is 10.6. The molecule has 1 unspecified atom stereocenters. The van der Waals surface area contributed by atoms with Crippen LogP contribution in [0.3, 0.4) is 0 Å². The molecular weight excluding hydrogens is 524 g/mol. The van der Waals surface area contributed by atoms with Crippen LogP contribution in [0.1, 0.15) is 43.2 Å². The number of carbonyl (C=O) groups is 1. The zero-order valence-electron chi connectivity index (χ0n) is 23.6. The number of rotatable bonds is 4. The number of halogens is 4. The molecule has 3 saturated heterocycles. The molecular formula is C29H39F4N6O+. The van der Waals surface area contributed by atoms with Crippen LogP contribution in [0.15, 0.2) is 23.3 Å². The highest BCUT2D eigenvalue weighted by molar-refractivity contribution is 5.81. The molecule has 0 aromatic heterocycles. The second-order valence-corrected chi connectivity index (χ2v) is 14.2. The van der Waals surface area contributed by atoms with Crippen LogP contribution >= 0.6 is 0 Å². The van der Waals surface area contributed by atoms with Gasteiger partial charge in [0, 0.05) is 63.1 Å². The molecule has 1 aromatic rings. The molecule has 6 aliphatic rings. The molecule has 2 amide bonds. The molecule has 2 saturated carbocycles. The van der Waals surface area contributed by atoms with Crippen molar-refractivity contribution in [3.63, 3.8) is 0 Å². The van der Waals surface area contributed by atoms with Gasteiger partial charge in [-0.2, -0.15) is 13.2 Å². The van der Waals surface area contributed by atoms with E-state index in [4.69, 9.17) is 5.10 Å². The number of hydrogen-bond acceptors (Lipinski definition) is 4. The van der Waals surface area contributed by atoms with Crippen LogP contribution in [-0.2, 0) is 12.7 Å². The Kier molecular flexibility index (Phi) is 5.67. The molecule has 0 bridgehead atoms. The SMILES string of the molecule is CN1N=C(C2CC3(C2)CN(C(=O)N2CC4(CCN(Cc5ccc(F)cc5C(F)(F)F)C4)C2)C3)[N+](C)(C)C1C1CC1. The van der Waals surface area contributed by atoms with Crippen molar-refractivity contribution in [2.24, 2.45) is 27.8 Å². The van der Waals surface area contributed by atoms with Crippen LogP contribution < -0.4 is 0 Å². The second-order valence-electron chi connectivity index (χ2n) is 14.2. The van der Waals surface area contributed by atoms with E-state index in [1.54, 1.807) is 0 Å². The summed E-state index contributed by atoms with van der Waals surface area (Å²) in [6, 6.07) is 3.01. The van der Waals surface area contributed by atoms with Gasteiger partial charge < -0.3 is 9.80 Å². The summed E-state index contributed by atoms with van der Waals surface area (Å²) < 4.78 is 54.6. The highest BCUT2D eigenvalue weighted by atomic mass is 19.4. The number of benzene rings is 1. The van der Waals surface area contributed by atoms with Crippen molar-refractivity contribution in [2.45, 2.75) is 51.0 Å². The van der Waals surface area contributed by atoms with Crippen molar-refractivity contribution < 1.29 is 26.8 Å². The molecule has 1 aromatic carbocycles. The van der Waals surface area contributed by atoms with Gasteiger partial charge in [-0.1, -0.05) is 6.07 Å². The molecule has 1 atom stereocenters. The van der Waals surface area contributed by atoms with Crippen LogP contribution in [0.2, 0.25) is 0 Å². The predicted molar refractivity (Wildman–Crippen MR) is 141 cm³/mol. The number of alkyl halides is 3. The fraction of sp³-hybridized carbons (Fsp3) is 0.724. The van der Waals surface area contributed by atoms with E-state index < -0.39 is 17.6 Å². The van der Waals surface area contributed by atoms with Gasteiger partial charge in [0.05, 0.1) is 25.6 Å². The van der Waals surface area contributed by atoms with Crippen molar-refractivity contribution in [3.05, 3.63) is 35.1 Å². The van der Waals surface area contributed by atoms with Crippen LogP contribution in [0.5, 0.6) is 0 Å². The van der Waals surface area contributed by atoms with Gasteiger partial charge in [-0.3, -0.25) is 9.38 Å². The third-order valence-corrected chi connectivity index (χ3v) is 10.6. The molecule has 2 aliphatic carbocycles. The van der Waals surface area contributed by atoms with Gasteiger partial charge in [-0.05, 0) is 56.3 Å². The van der Waals surface area contributed by atoms with E-state index in [0.717, 1.165) is 48.8 Å². The van der Waals surface area contributed by atoms with Crippen molar-refractivity contribution in [3.8, 4) is 0 Å². The Hall–Kier alpha value is -2.40. The van der Waals surface area contributed by atoms with Gasteiger partial charge in [0.2, 0.25) is 5.84 Å². The van der Waals surface area contributed by atoms with E-state index in [-0.39, 0.29) is 29.0 Å². The van der Waals surface area contributed by atoms with Crippen LogP contribution in [-0.4, -0.2) is 103 Å². The van der Waals surface area contributed by atoms with Gasteiger partial charge in [0.15, 0.2) is 6.17 Å². The monoisotopic (exact) mass is 563 g/mol. The summed E-state index contributed by atoms with van der Waals surface area (Å²) in [4.78, 5) is 19.1. The molecule has 7 rings (SSSR count). The van der Waals surface area contributed by atoms with E-state index in [0.29, 0.717) is 44.3 Å². The zero-order chi connectivity index (χ0) is 28.2. The molecule has 7 nitrogen and oxygen atoms in total. The molecule has 11 heteroatoms. The first-order chi connectivity index (χ1) is 18.8. The number of carbonyl (C=O) groups excluding carboxylic acids is 1. The minimum absolute atomic E-state index is 0.0492. The van der Waals surface area contributed by atoms with Gasteiger partial charge in [0.1, 0.15) is 5.82 Å². The van der Waals surface area contributed by atoms with E-state index in [2.05, 4.69) is 26.2 Å². The lowest BCUT2D eigenvalue weighted by molar-refractivity contribution is -0.837. The summed E-state index contributed by atoms with van der Waals surface area (Å²) in [6.07, 6.45) is 1.53. The first kappa shape index (κ1) is 26.5. The number of urea groups is 1. The highest BCUT2D eigenvalue weighted by Gasteiger charge is 2.62. The largest absolute Gasteiger partial charge is 0.416 e. The minimum atomic E-state index is -4.58. The zero-order valence-corrected chi connectivity index (χ0v) is 23.6. The number of likely N-dealkylation sites (tertiary alicyclic amines) is 3. The predicted octanol–water partition coefficient (Wildman–Crippen LogP) is 4.26. The molecule has 40 heavy (non-hydrogen) atoms. The second kappa shape index (κ2) is 8.56. The summed E-state index contributed by atoms with van der Waals surface area (Å²) in [7, 11) is 6.71. The maximum absolute atomic E-state index is 13.5. The highest BCUT2D eigenvalue weighted by Crippen LogP contribution is 2.55. The smallest absolute Gasteiger partial charge is 0.323 e. The summed E-state index contributed by atoms with van der Waals surface area (Å²) >= 11 is 0. The topological polar surface area (TPSA) is 42.4 Å². The maximum atomic E-state index is 13.5. The fourth-order valence-corrected chi connectivity index (χ4v) is 8.70. The van der Waals surface area contributed by atoms with Crippen molar-refractivity contribution in [1.29, 1.82) is 0 Å². The summed E-state index contributed by atoms with van der Waals surface area (Å²) in [6.45, 7) is 4.40. The van der Waals surface area contributed by atoms with Crippen LogP contribution in [0.25, 0.3) is 0 Å². The average molecular weight is 564 g/mol. The third kappa shape index (κ3) is 4.21. The molecule has 4 aliphatic heterocycles. The van der Waals surface area contributed by atoms with E-state index in [9.17, 15) is 22.4 Å². The minimum Gasteiger partial charge on any atom is -0.323 e. The lowest BCUT2D eigenvalue weighted by Crippen LogP contribution is -2.71. The van der Waals surface area contributed by atoms with Crippen LogP contribution in [0.4, 0.5) is 22.4 Å². The lowest BCUT2D eigenvalue weighted by atomic mass is 9.57. The lowest BCUT2D eigenvalue weighted by Gasteiger charge is -2.61. The molecule has 0 N–H and O–H groups in total. The normalized spacial score (nSPS) is 29.0. The number of quaternary nitrogens is 1. The molecule has 4 heterocycles. The Balaban J connectivity index is 0.890. The van der Waals surface area contributed by atoms with E-state index >= 15 is 0 Å². The summed E-state index contributed by atoms with van der Waals surface area (Å²) in [5, 5.41) is 7.17. The van der Waals surface area contributed by atoms with Crippen molar-refractivity contribution in [2.75, 3.05) is 60.4 Å². The first-order valence-corrected chi connectivity index (χ1v) is 14.6. The molecule has 0 radical (unpaired) electrons. The Bertz CT molecular complexity index is 1240. The van der Waals surface area contributed by atoms with Gasteiger partial charge in [-0.25, -0.2) is 14.2 Å². The van der Waals surface area contributed by atoms with Gasteiger partial charge >= 0.3 is 12.2 Å². The van der Waals surface area contributed by atoms with E-state index in [1.807, 2.05) is 14.7 Å². The summed E-state index contributed by atoms with van der Waals surface area (Å²) in [5.41, 5.74) is -0.617. The van der Waals surface area contributed by atoms with Gasteiger partial charge in [-0.15, -0.1) is 5.10 Å². The molecule has 218 valence electrons. The van der Waals surface area contributed by atoms with Crippen LogP contribution in [0, 0.1) is 28.5 Å². The van der Waals surface area contributed by atoms with Gasteiger partial charge in [0.25, 0.3) is 0 Å². The molecule has 2 spiro atoms. The molecule has 5 fully saturated rings. The van der Waals surface area contributed by atoms with Crippen molar-refractivity contribution in [1.82, 2.24) is 19.7 Å². The van der Waals surface area contributed by atoms with E-state index in [1.165, 1.54) is 24.7 Å². The fourth-order valence-electron chi connectivity index (χ4n) is 8.70. The first-order valence-electron chi connectivity index (χ1n) is 14.6. The number of nitrogens with zero attached hydrogens (tertiary/aromatic N) is 6. The number of amides is 2. The Morgan fingerprint density at radius 2 is 1.70 bits per heavy atom.